The number of anilines is 2. The highest BCUT2D eigenvalue weighted by Gasteiger charge is 2.20. The van der Waals surface area contributed by atoms with E-state index in [1.165, 1.54) is 11.1 Å². The fourth-order valence-corrected chi connectivity index (χ4v) is 2.86. The number of rotatable bonds is 4. The van der Waals surface area contributed by atoms with Crippen molar-refractivity contribution in [2.24, 2.45) is 0 Å². The number of ether oxygens (including phenoxy) is 1. The molecule has 0 radical (unpaired) electrons. The van der Waals surface area contributed by atoms with Gasteiger partial charge in [-0.25, -0.2) is 9.97 Å². The molecule has 0 bridgehead atoms. The Morgan fingerprint density at radius 1 is 1.14 bits per heavy atom. The standard InChI is InChI=1S/C16H20N4O/c1-17-15-14(21-2)16(19-10-18-15)20-13-8-7-11-5-3-4-6-12(11)9-13/h3-6,10,13H,7-9H2,1-2H3,(H2,17,18,19,20). The van der Waals surface area contributed by atoms with E-state index in [0.29, 0.717) is 17.6 Å². The van der Waals surface area contributed by atoms with Crippen LogP contribution in [0, 0.1) is 0 Å². The van der Waals surface area contributed by atoms with Crippen molar-refractivity contribution in [2.75, 3.05) is 24.8 Å². The van der Waals surface area contributed by atoms with Gasteiger partial charge in [-0.1, -0.05) is 24.3 Å². The molecule has 3 rings (SSSR count). The second-order valence-corrected chi connectivity index (χ2v) is 5.21. The molecule has 5 nitrogen and oxygen atoms in total. The Morgan fingerprint density at radius 2 is 1.90 bits per heavy atom. The third-order valence-electron chi connectivity index (χ3n) is 3.93. The summed E-state index contributed by atoms with van der Waals surface area (Å²) in [5.74, 6) is 2.12. The molecule has 1 aliphatic carbocycles. The summed E-state index contributed by atoms with van der Waals surface area (Å²) in [5.41, 5.74) is 2.88. The molecular weight excluding hydrogens is 264 g/mol. The molecule has 1 atom stereocenters. The summed E-state index contributed by atoms with van der Waals surface area (Å²) in [7, 11) is 3.46. The summed E-state index contributed by atoms with van der Waals surface area (Å²) in [5, 5.41) is 6.52. The van der Waals surface area contributed by atoms with Crippen molar-refractivity contribution in [3.63, 3.8) is 0 Å². The predicted octanol–water partition coefficient (Wildman–Crippen LogP) is 2.50. The molecule has 21 heavy (non-hydrogen) atoms. The summed E-state index contributed by atoms with van der Waals surface area (Å²) in [6, 6.07) is 9.01. The Balaban J connectivity index is 1.79. The monoisotopic (exact) mass is 284 g/mol. The Hall–Kier alpha value is -2.30. The van der Waals surface area contributed by atoms with Crippen LogP contribution in [-0.2, 0) is 12.8 Å². The number of aryl methyl sites for hydroxylation is 1. The SMILES string of the molecule is CNc1ncnc(NC2CCc3ccccc3C2)c1OC. The number of fused-ring (bicyclic) bond motifs is 1. The molecule has 0 aliphatic heterocycles. The highest BCUT2D eigenvalue weighted by atomic mass is 16.5. The van der Waals surface area contributed by atoms with Crippen molar-refractivity contribution >= 4 is 11.6 Å². The molecule has 1 aromatic carbocycles. The van der Waals surface area contributed by atoms with Gasteiger partial charge in [0.15, 0.2) is 11.6 Å². The van der Waals surface area contributed by atoms with Crippen molar-refractivity contribution in [3.8, 4) is 5.75 Å². The second kappa shape index (κ2) is 5.99. The van der Waals surface area contributed by atoms with Crippen LogP contribution in [0.25, 0.3) is 0 Å². The molecule has 0 saturated heterocycles. The van der Waals surface area contributed by atoms with Gasteiger partial charge in [0.1, 0.15) is 6.33 Å². The van der Waals surface area contributed by atoms with Crippen molar-refractivity contribution in [1.82, 2.24) is 9.97 Å². The average molecular weight is 284 g/mol. The van der Waals surface area contributed by atoms with Gasteiger partial charge in [-0.15, -0.1) is 0 Å². The number of aromatic nitrogens is 2. The molecule has 1 aromatic heterocycles. The first kappa shape index (κ1) is 13.7. The minimum absolute atomic E-state index is 0.369. The maximum absolute atomic E-state index is 5.43. The molecule has 1 heterocycles. The van der Waals surface area contributed by atoms with Gasteiger partial charge in [-0.3, -0.25) is 0 Å². The minimum Gasteiger partial charge on any atom is -0.490 e. The molecule has 1 aliphatic rings. The van der Waals surface area contributed by atoms with Crippen molar-refractivity contribution in [1.29, 1.82) is 0 Å². The van der Waals surface area contributed by atoms with E-state index in [1.807, 2.05) is 7.05 Å². The van der Waals surface area contributed by atoms with Crippen molar-refractivity contribution in [2.45, 2.75) is 25.3 Å². The first-order chi connectivity index (χ1) is 10.3. The van der Waals surface area contributed by atoms with Gasteiger partial charge in [0.05, 0.1) is 7.11 Å². The van der Waals surface area contributed by atoms with Crippen LogP contribution < -0.4 is 15.4 Å². The fourth-order valence-electron chi connectivity index (χ4n) is 2.86. The molecule has 5 heteroatoms. The molecule has 0 saturated carbocycles. The highest BCUT2D eigenvalue weighted by molar-refractivity contribution is 5.63. The van der Waals surface area contributed by atoms with Crippen LogP contribution in [0.15, 0.2) is 30.6 Å². The smallest absolute Gasteiger partial charge is 0.204 e. The van der Waals surface area contributed by atoms with Crippen LogP contribution in [0.3, 0.4) is 0 Å². The first-order valence-electron chi connectivity index (χ1n) is 7.22. The summed E-state index contributed by atoms with van der Waals surface area (Å²) < 4.78 is 5.43. The molecule has 2 N–H and O–H groups in total. The van der Waals surface area contributed by atoms with Crippen LogP contribution in [0.5, 0.6) is 5.75 Å². The van der Waals surface area contributed by atoms with Gasteiger partial charge >= 0.3 is 0 Å². The van der Waals surface area contributed by atoms with E-state index in [9.17, 15) is 0 Å². The number of nitrogens with one attached hydrogen (secondary N) is 2. The van der Waals surface area contributed by atoms with Gasteiger partial charge in [-0.05, 0) is 30.4 Å². The lowest BCUT2D eigenvalue weighted by Gasteiger charge is -2.26. The maximum Gasteiger partial charge on any atom is 0.204 e. The Morgan fingerprint density at radius 3 is 2.67 bits per heavy atom. The van der Waals surface area contributed by atoms with E-state index in [0.717, 1.165) is 25.1 Å². The van der Waals surface area contributed by atoms with Gasteiger partial charge in [0, 0.05) is 13.1 Å². The summed E-state index contributed by atoms with van der Waals surface area (Å²) in [6.07, 6.45) is 4.75. The quantitative estimate of drug-likeness (QED) is 0.903. The number of benzene rings is 1. The topological polar surface area (TPSA) is 59.1 Å². The number of hydrogen-bond acceptors (Lipinski definition) is 5. The van der Waals surface area contributed by atoms with E-state index < -0.39 is 0 Å². The first-order valence-corrected chi connectivity index (χ1v) is 7.22. The van der Waals surface area contributed by atoms with Crippen LogP contribution >= 0.6 is 0 Å². The Labute approximate surface area is 124 Å². The number of methoxy groups -OCH3 is 1. The zero-order valence-corrected chi connectivity index (χ0v) is 12.4. The number of hydrogen-bond donors (Lipinski definition) is 2. The molecule has 0 amide bonds. The molecule has 0 fully saturated rings. The third kappa shape index (κ3) is 2.77. The molecule has 110 valence electrons. The third-order valence-corrected chi connectivity index (χ3v) is 3.93. The van der Waals surface area contributed by atoms with Gasteiger partial charge in [0.25, 0.3) is 0 Å². The molecule has 1 unspecified atom stereocenters. The van der Waals surface area contributed by atoms with Crippen molar-refractivity contribution < 1.29 is 4.74 Å². The van der Waals surface area contributed by atoms with Gasteiger partial charge in [0.2, 0.25) is 5.75 Å². The lowest BCUT2D eigenvalue weighted by Crippen LogP contribution is -2.28. The Kier molecular flexibility index (Phi) is 3.90. The van der Waals surface area contributed by atoms with E-state index >= 15 is 0 Å². The van der Waals surface area contributed by atoms with Crippen molar-refractivity contribution in [3.05, 3.63) is 41.7 Å². The van der Waals surface area contributed by atoms with E-state index in [-0.39, 0.29) is 0 Å². The minimum atomic E-state index is 0.369. The van der Waals surface area contributed by atoms with E-state index in [2.05, 4.69) is 44.9 Å². The second-order valence-electron chi connectivity index (χ2n) is 5.21. The van der Waals surface area contributed by atoms with E-state index in [1.54, 1.807) is 13.4 Å². The zero-order chi connectivity index (χ0) is 14.7. The predicted molar refractivity (Wildman–Crippen MR) is 84.0 cm³/mol. The number of nitrogens with zero attached hydrogens (tertiary/aromatic N) is 2. The van der Waals surface area contributed by atoms with Crippen LogP contribution in [0.1, 0.15) is 17.5 Å². The maximum atomic E-state index is 5.43. The summed E-state index contributed by atoms with van der Waals surface area (Å²) in [4.78, 5) is 8.49. The molecular formula is C16H20N4O. The fraction of sp³-hybridized carbons (Fsp3) is 0.375. The molecule has 0 spiro atoms. The van der Waals surface area contributed by atoms with Gasteiger partial charge in [-0.2, -0.15) is 0 Å². The summed E-state index contributed by atoms with van der Waals surface area (Å²) in [6.45, 7) is 0. The lowest BCUT2D eigenvalue weighted by atomic mass is 9.88. The highest BCUT2D eigenvalue weighted by Crippen LogP contribution is 2.31. The van der Waals surface area contributed by atoms with Crippen LogP contribution in [-0.4, -0.2) is 30.2 Å². The molecule has 2 aromatic rings. The largest absolute Gasteiger partial charge is 0.490 e. The van der Waals surface area contributed by atoms with Gasteiger partial charge < -0.3 is 15.4 Å². The summed E-state index contributed by atoms with van der Waals surface area (Å²) >= 11 is 0. The van der Waals surface area contributed by atoms with Crippen LogP contribution in [0.2, 0.25) is 0 Å². The Bertz CT molecular complexity index is 629. The average Bonchev–Trinajstić information content (AvgIpc) is 2.54. The lowest BCUT2D eigenvalue weighted by molar-refractivity contribution is 0.413. The van der Waals surface area contributed by atoms with Crippen LogP contribution in [0.4, 0.5) is 11.6 Å². The zero-order valence-electron chi connectivity index (χ0n) is 12.4. The van der Waals surface area contributed by atoms with E-state index in [4.69, 9.17) is 4.74 Å². The normalized spacial score (nSPS) is 17.0.